The summed E-state index contributed by atoms with van der Waals surface area (Å²) in [4.78, 5) is 4.42. The zero-order valence-corrected chi connectivity index (χ0v) is 13.9. The molecule has 1 aliphatic rings. The van der Waals surface area contributed by atoms with Crippen molar-refractivity contribution in [1.82, 2.24) is 19.9 Å². The minimum absolute atomic E-state index is 0.0310. The van der Waals surface area contributed by atoms with Crippen LogP contribution in [0.1, 0.15) is 29.5 Å². The molecule has 1 fully saturated rings. The third-order valence-electron chi connectivity index (χ3n) is 4.07. The van der Waals surface area contributed by atoms with Crippen LogP contribution in [0.2, 0.25) is 0 Å². The maximum atomic E-state index is 12.5. The second-order valence-corrected chi connectivity index (χ2v) is 7.57. The van der Waals surface area contributed by atoms with Crippen molar-refractivity contribution in [2.75, 3.05) is 13.2 Å². The lowest BCUT2D eigenvalue weighted by atomic mass is 10.0. The number of nitrogens with zero attached hydrogens (tertiary/aromatic N) is 2. The Kier molecular flexibility index (Phi) is 4.47. The summed E-state index contributed by atoms with van der Waals surface area (Å²) in [5, 5.41) is 6.61. The summed E-state index contributed by atoms with van der Waals surface area (Å²) < 4.78 is 33.4. The number of aromatic amines is 1. The Bertz CT molecular complexity index is 774. The van der Waals surface area contributed by atoms with Crippen LogP contribution in [0.25, 0.3) is 0 Å². The lowest BCUT2D eigenvalue weighted by Crippen LogP contribution is -2.31. The Balaban J connectivity index is 1.71. The van der Waals surface area contributed by atoms with E-state index >= 15 is 0 Å². The number of benzene rings is 1. The number of hydrogen-bond donors (Lipinski definition) is 2. The molecule has 1 aromatic carbocycles. The van der Waals surface area contributed by atoms with Crippen molar-refractivity contribution in [1.29, 1.82) is 0 Å². The normalized spacial score (nSPS) is 21.7. The molecule has 0 bridgehead atoms. The Hall–Kier alpha value is -1.77. The second kappa shape index (κ2) is 6.38. The molecule has 1 saturated heterocycles. The highest BCUT2D eigenvalue weighted by Crippen LogP contribution is 2.32. The van der Waals surface area contributed by atoms with Gasteiger partial charge in [-0.3, -0.25) is 5.10 Å². The van der Waals surface area contributed by atoms with Gasteiger partial charge in [0.2, 0.25) is 10.0 Å². The molecule has 0 aliphatic carbocycles. The van der Waals surface area contributed by atoms with Crippen LogP contribution < -0.4 is 4.72 Å². The first-order valence-electron chi connectivity index (χ1n) is 7.51. The van der Waals surface area contributed by atoms with Gasteiger partial charge in [-0.15, -0.1) is 0 Å². The van der Waals surface area contributed by atoms with E-state index in [4.69, 9.17) is 4.74 Å². The van der Waals surface area contributed by atoms with E-state index in [0.717, 1.165) is 17.5 Å². The Labute approximate surface area is 135 Å². The standard InChI is InChI=1S/C15H20N4O3S/c1-10-3-4-13(11(2)7-10)23(20,21)18-8-12-5-6-22-14(12)15-16-9-17-19-15/h3-4,7,9,12,14,18H,5-6,8H2,1-2H3,(H,16,17,19)/t12-,14-/m0/s1. The number of hydrogen-bond acceptors (Lipinski definition) is 5. The van der Waals surface area contributed by atoms with E-state index in [0.29, 0.717) is 23.9 Å². The van der Waals surface area contributed by atoms with E-state index < -0.39 is 10.0 Å². The van der Waals surface area contributed by atoms with Crippen LogP contribution in [0.5, 0.6) is 0 Å². The van der Waals surface area contributed by atoms with E-state index in [9.17, 15) is 8.42 Å². The van der Waals surface area contributed by atoms with Gasteiger partial charge in [0, 0.05) is 19.1 Å². The molecular weight excluding hydrogens is 316 g/mol. The van der Waals surface area contributed by atoms with Crippen molar-refractivity contribution in [3.63, 3.8) is 0 Å². The summed E-state index contributed by atoms with van der Waals surface area (Å²) in [7, 11) is -3.54. The highest BCUT2D eigenvalue weighted by atomic mass is 32.2. The summed E-state index contributed by atoms with van der Waals surface area (Å²) in [6.07, 6.45) is 1.95. The van der Waals surface area contributed by atoms with Crippen LogP contribution in [0.15, 0.2) is 29.4 Å². The minimum Gasteiger partial charge on any atom is -0.370 e. The van der Waals surface area contributed by atoms with Gasteiger partial charge in [-0.25, -0.2) is 18.1 Å². The fourth-order valence-electron chi connectivity index (χ4n) is 2.89. The van der Waals surface area contributed by atoms with Gasteiger partial charge in [-0.2, -0.15) is 5.10 Å². The van der Waals surface area contributed by atoms with Gasteiger partial charge in [-0.1, -0.05) is 17.7 Å². The number of ether oxygens (including phenoxy) is 1. The molecule has 0 radical (unpaired) electrons. The highest BCUT2D eigenvalue weighted by Gasteiger charge is 2.33. The van der Waals surface area contributed by atoms with Gasteiger partial charge >= 0.3 is 0 Å². The van der Waals surface area contributed by atoms with Crippen molar-refractivity contribution in [2.24, 2.45) is 5.92 Å². The van der Waals surface area contributed by atoms with Crippen LogP contribution in [0.3, 0.4) is 0 Å². The van der Waals surface area contributed by atoms with E-state index in [1.807, 2.05) is 13.0 Å². The van der Waals surface area contributed by atoms with E-state index in [2.05, 4.69) is 19.9 Å². The van der Waals surface area contributed by atoms with Gasteiger partial charge < -0.3 is 4.74 Å². The fraction of sp³-hybridized carbons (Fsp3) is 0.467. The Morgan fingerprint density at radius 1 is 1.39 bits per heavy atom. The molecule has 8 heteroatoms. The molecule has 0 unspecified atom stereocenters. The van der Waals surface area contributed by atoms with Crippen LogP contribution >= 0.6 is 0 Å². The summed E-state index contributed by atoms with van der Waals surface area (Å²) in [5.41, 5.74) is 1.78. The first-order valence-corrected chi connectivity index (χ1v) is 8.99. The summed E-state index contributed by atoms with van der Waals surface area (Å²) in [6, 6.07) is 5.31. The molecule has 2 N–H and O–H groups in total. The molecule has 124 valence electrons. The van der Waals surface area contributed by atoms with E-state index in [-0.39, 0.29) is 12.0 Å². The number of H-pyrrole nitrogens is 1. The average Bonchev–Trinajstić information content (AvgIpc) is 3.15. The average molecular weight is 336 g/mol. The summed E-state index contributed by atoms with van der Waals surface area (Å²) >= 11 is 0. The predicted octanol–water partition coefficient (Wildman–Crippen LogP) is 1.48. The lowest BCUT2D eigenvalue weighted by molar-refractivity contribution is 0.0848. The topological polar surface area (TPSA) is 97.0 Å². The maximum Gasteiger partial charge on any atom is 0.240 e. The summed E-state index contributed by atoms with van der Waals surface area (Å²) in [5.74, 6) is 0.668. The molecule has 3 rings (SSSR count). The fourth-order valence-corrected chi connectivity index (χ4v) is 4.21. The Morgan fingerprint density at radius 2 is 2.22 bits per heavy atom. The molecule has 2 aromatic rings. The number of aryl methyl sites for hydroxylation is 2. The molecule has 2 heterocycles. The SMILES string of the molecule is Cc1ccc(S(=O)(=O)NC[C@@H]2CCO[C@@H]2c2ncn[nH]2)c(C)c1. The third kappa shape index (κ3) is 3.44. The van der Waals surface area contributed by atoms with Crippen molar-refractivity contribution in [3.05, 3.63) is 41.5 Å². The lowest BCUT2D eigenvalue weighted by Gasteiger charge is -2.17. The molecule has 0 saturated carbocycles. The number of sulfonamides is 1. The van der Waals surface area contributed by atoms with Gasteiger partial charge in [0.1, 0.15) is 12.4 Å². The van der Waals surface area contributed by atoms with Gasteiger partial charge in [0.05, 0.1) is 4.90 Å². The molecule has 1 aromatic heterocycles. The number of rotatable bonds is 5. The maximum absolute atomic E-state index is 12.5. The van der Waals surface area contributed by atoms with Crippen molar-refractivity contribution in [3.8, 4) is 0 Å². The molecule has 0 amide bonds. The van der Waals surface area contributed by atoms with Crippen LogP contribution in [0.4, 0.5) is 0 Å². The first kappa shape index (κ1) is 16.1. The van der Waals surface area contributed by atoms with Gasteiger partial charge in [-0.05, 0) is 31.9 Å². The molecule has 0 spiro atoms. The van der Waals surface area contributed by atoms with Crippen LogP contribution in [-0.2, 0) is 14.8 Å². The highest BCUT2D eigenvalue weighted by molar-refractivity contribution is 7.89. The molecule has 1 aliphatic heterocycles. The predicted molar refractivity (Wildman–Crippen MR) is 84.3 cm³/mol. The Morgan fingerprint density at radius 3 is 2.91 bits per heavy atom. The second-order valence-electron chi connectivity index (χ2n) is 5.83. The monoisotopic (exact) mass is 336 g/mol. The first-order chi connectivity index (χ1) is 11.0. The zero-order chi connectivity index (χ0) is 16.4. The molecule has 7 nitrogen and oxygen atoms in total. The van der Waals surface area contributed by atoms with Gasteiger partial charge in [0.25, 0.3) is 0 Å². The largest absolute Gasteiger partial charge is 0.370 e. The number of nitrogens with one attached hydrogen (secondary N) is 2. The van der Waals surface area contributed by atoms with E-state index in [1.54, 1.807) is 19.1 Å². The van der Waals surface area contributed by atoms with Gasteiger partial charge in [0.15, 0.2) is 5.82 Å². The molecule has 2 atom stereocenters. The molecule has 23 heavy (non-hydrogen) atoms. The van der Waals surface area contributed by atoms with Crippen LogP contribution in [-0.4, -0.2) is 36.8 Å². The van der Waals surface area contributed by atoms with E-state index in [1.165, 1.54) is 6.33 Å². The molecular formula is C15H20N4O3S. The minimum atomic E-state index is -3.54. The van der Waals surface area contributed by atoms with Crippen LogP contribution in [0, 0.1) is 19.8 Å². The quantitative estimate of drug-likeness (QED) is 0.862. The third-order valence-corrected chi connectivity index (χ3v) is 5.66. The zero-order valence-electron chi connectivity index (χ0n) is 13.1. The summed E-state index contributed by atoms with van der Waals surface area (Å²) in [6.45, 7) is 4.63. The number of aromatic nitrogens is 3. The smallest absolute Gasteiger partial charge is 0.240 e. The van der Waals surface area contributed by atoms with Crippen molar-refractivity contribution in [2.45, 2.75) is 31.3 Å². The van der Waals surface area contributed by atoms with Crippen molar-refractivity contribution >= 4 is 10.0 Å². The van der Waals surface area contributed by atoms with Crippen molar-refractivity contribution < 1.29 is 13.2 Å².